The summed E-state index contributed by atoms with van der Waals surface area (Å²) in [5.41, 5.74) is 3.58. The number of pyridine rings is 1. The molecule has 1 unspecified atom stereocenters. The van der Waals surface area contributed by atoms with Crippen LogP contribution in [0, 0.1) is 5.82 Å². The van der Waals surface area contributed by atoms with Crippen molar-refractivity contribution in [2.45, 2.75) is 102 Å². The molecule has 59 heavy (non-hydrogen) atoms. The van der Waals surface area contributed by atoms with E-state index in [1.807, 2.05) is 59.2 Å². The van der Waals surface area contributed by atoms with E-state index in [0.717, 1.165) is 46.8 Å². The summed E-state index contributed by atoms with van der Waals surface area (Å²) in [7, 11) is -2.84. The lowest BCUT2D eigenvalue weighted by Gasteiger charge is -2.41. The van der Waals surface area contributed by atoms with Crippen molar-refractivity contribution in [3.05, 3.63) is 112 Å². The van der Waals surface area contributed by atoms with Crippen LogP contribution in [0.15, 0.2) is 84.9 Å². The highest BCUT2D eigenvalue weighted by Gasteiger charge is 2.50. The van der Waals surface area contributed by atoms with Gasteiger partial charge in [0.1, 0.15) is 30.0 Å². The third kappa shape index (κ3) is 9.86. The molecule has 0 saturated carbocycles. The molecule has 1 saturated heterocycles. The molecule has 1 fully saturated rings. The predicted molar refractivity (Wildman–Crippen MR) is 241 cm³/mol. The van der Waals surface area contributed by atoms with Gasteiger partial charge < -0.3 is 29.1 Å². The zero-order valence-electron chi connectivity index (χ0n) is 35.1. The number of benzene rings is 3. The third-order valence-corrected chi connectivity index (χ3v) is 18.3. The number of fused-ring (bicyclic) bond motifs is 2. The van der Waals surface area contributed by atoms with Crippen LogP contribution in [0.4, 0.5) is 10.2 Å². The molecule has 3 heterocycles. The Morgan fingerprint density at radius 3 is 2.42 bits per heavy atom. The number of rotatable bonds is 18. The standard InChI is InChI=1S/C46H58ClFN4O5Si2/c1-46(2,59(53,36-15-9-7-10-16-36)37-17-11-8-12-18-37)22-21-34-28-35(30-56-34)57-45-50-41-29-38(47)43(51-44(41)52(45)31-55-24-25-58(4,5)6)49-40-20-19-33-26-32(14-13-23-54-3)27-39(48)42(33)40/h7-18,26-27,29,34-35,40,53H,19-25,28,30-31H2,1-6H3,(H,49,51)/b14-13+/t34-,35+,40?/m1/s1. The number of methoxy groups -OCH3 is 1. The van der Waals surface area contributed by atoms with Crippen molar-refractivity contribution < 1.29 is 28.1 Å². The van der Waals surface area contributed by atoms with Gasteiger partial charge in [0.05, 0.1) is 30.4 Å². The number of hydrogen-bond acceptors (Lipinski definition) is 8. The molecule has 1 aliphatic heterocycles. The molecule has 5 aromatic rings. The number of nitrogens with zero attached hydrogens (tertiary/aromatic N) is 3. The summed E-state index contributed by atoms with van der Waals surface area (Å²) >= 11 is 6.86. The van der Waals surface area contributed by atoms with Gasteiger partial charge in [-0.15, -0.1) is 0 Å². The first-order valence-corrected chi connectivity index (χ1v) is 26.8. The first-order chi connectivity index (χ1) is 28.3. The highest BCUT2D eigenvalue weighted by Crippen LogP contribution is 2.42. The van der Waals surface area contributed by atoms with Crippen LogP contribution in [-0.2, 0) is 27.4 Å². The van der Waals surface area contributed by atoms with Gasteiger partial charge in [-0.2, -0.15) is 4.98 Å². The van der Waals surface area contributed by atoms with E-state index in [4.69, 9.17) is 40.5 Å². The lowest BCUT2D eigenvalue weighted by molar-refractivity contribution is 0.0670. The van der Waals surface area contributed by atoms with E-state index < -0.39 is 16.4 Å². The SMILES string of the molecule is COC/C=C/c1cc(F)c2c(c1)CCC2Nc1nc2c(cc1Cl)nc(O[C@@H]1CO[C@H](CCC(C)(C)[Si](O)(c3ccccc3)c3ccccc3)C1)n2COCC[Si](C)(C)C. The second kappa shape index (κ2) is 18.4. The summed E-state index contributed by atoms with van der Waals surface area (Å²) in [4.78, 5) is 22.5. The summed E-state index contributed by atoms with van der Waals surface area (Å²) < 4.78 is 41.8. The van der Waals surface area contributed by atoms with Crippen LogP contribution < -0.4 is 20.4 Å². The molecule has 3 atom stereocenters. The Labute approximate surface area is 355 Å². The molecular weight excluding hydrogens is 799 g/mol. The number of ether oxygens (including phenoxy) is 4. The number of nitrogens with one attached hydrogen (secondary N) is 1. The van der Waals surface area contributed by atoms with Crippen molar-refractivity contribution in [3.8, 4) is 6.01 Å². The Morgan fingerprint density at radius 2 is 1.75 bits per heavy atom. The minimum Gasteiger partial charge on any atom is -0.459 e. The fraction of sp³-hybridized carbons (Fsp3) is 0.435. The highest BCUT2D eigenvalue weighted by molar-refractivity contribution is 6.98. The number of halogens is 2. The van der Waals surface area contributed by atoms with Crippen LogP contribution in [0.1, 0.15) is 62.3 Å². The molecule has 13 heteroatoms. The number of aryl methyl sites for hydroxylation is 1. The van der Waals surface area contributed by atoms with Gasteiger partial charge in [-0.05, 0) is 70.4 Å². The number of imidazole rings is 1. The lowest BCUT2D eigenvalue weighted by atomic mass is 10.0. The summed E-state index contributed by atoms with van der Waals surface area (Å²) in [6.45, 7) is 13.1. The molecule has 9 nitrogen and oxygen atoms in total. The summed E-state index contributed by atoms with van der Waals surface area (Å²) in [6.07, 6.45) is 7.17. The first-order valence-electron chi connectivity index (χ1n) is 20.8. The molecule has 0 amide bonds. The van der Waals surface area contributed by atoms with Crippen molar-refractivity contribution in [2.24, 2.45) is 0 Å². The molecule has 3 aromatic carbocycles. The molecule has 2 N–H and O–H groups in total. The van der Waals surface area contributed by atoms with Crippen LogP contribution in [-0.4, -0.2) is 74.9 Å². The van der Waals surface area contributed by atoms with Crippen LogP contribution in [0.25, 0.3) is 17.2 Å². The third-order valence-electron chi connectivity index (χ3n) is 11.8. The maximum absolute atomic E-state index is 15.6. The van der Waals surface area contributed by atoms with E-state index in [-0.39, 0.29) is 35.8 Å². The molecule has 2 aromatic heterocycles. The molecule has 0 radical (unpaired) electrons. The summed E-state index contributed by atoms with van der Waals surface area (Å²) in [5.74, 6) is 0.200. The fourth-order valence-corrected chi connectivity index (χ4v) is 13.1. The van der Waals surface area contributed by atoms with Crippen LogP contribution in [0.3, 0.4) is 0 Å². The zero-order chi connectivity index (χ0) is 41.8. The number of aromatic nitrogens is 3. The highest BCUT2D eigenvalue weighted by atomic mass is 35.5. The van der Waals surface area contributed by atoms with Gasteiger partial charge in [0.15, 0.2) is 5.65 Å². The van der Waals surface area contributed by atoms with Gasteiger partial charge >= 0.3 is 6.01 Å². The van der Waals surface area contributed by atoms with Crippen LogP contribution in [0.2, 0.25) is 35.7 Å². The van der Waals surface area contributed by atoms with Gasteiger partial charge in [0, 0.05) is 33.8 Å². The summed E-state index contributed by atoms with van der Waals surface area (Å²) in [5, 5.41) is 5.47. The lowest BCUT2D eigenvalue weighted by Crippen LogP contribution is -2.65. The van der Waals surface area contributed by atoms with Crippen molar-refractivity contribution >= 4 is 61.4 Å². The minimum atomic E-state index is -3.14. The van der Waals surface area contributed by atoms with Crippen molar-refractivity contribution in [2.75, 3.05) is 32.2 Å². The summed E-state index contributed by atoms with van der Waals surface area (Å²) in [6, 6.07) is 26.8. The molecule has 7 rings (SSSR count). The van der Waals surface area contributed by atoms with Gasteiger partial charge in [0.25, 0.3) is 8.32 Å². The Morgan fingerprint density at radius 1 is 1.03 bits per heavy atom. The van der Waals surface area contributed by atoms with E-state index in [1.54, 1.807) is 19.2 Å². The Bertz CT molecular complexity index is 2190. The van der Waals surface area contributed by atoms with Gasteiger partial charge in [-0.1, -0.05) is 124 Å². The van der Waals surface area contributed by atoms with Gasteiger partial charge in [-0.3, -0.25) is 4.57 Å². The Balaban J connectivity index is 1.08. The molecule has 1 aliphatic carbocycles. The minimum absolute atomic E-state index is 0.0367. The van der Waals surface area contributed by atoms with E-state index in [9.17, 15) is 4.80 Å². The van der Waals surface area contributed by atoms with Crippen LogP contribution >= 0.6 is 11.6 Å². The predicted octanol–water partition coefficient (Wildman–Crippen LogP) is 9.14. The second-order valence-electron chi connectivity index (χ2n) is 17.8. The molecule has 2 aliphatic rings. The Hall–Kier alpha value is -3.89. The van der Waals surface area contributed by atoms with E-state index in [1.165, 1.54) is 0 Å². The fourth-order valence-electron chi connectivity index (χ4n) is 8.39. The molecule has 314 valence electrons. The maximum atomic E-state index is 15.6. The average Bonchev–Trinajstić information content (AvgIpc) is 3.93. The molecule has 0 bridgehead atoms. The second-order valence-corrected chi connectivity index (χ2v) is 27.8. The van der Waals surface area contributed by atoms with E-state index >= 15 is 4.39 Å². The van der Waals surface area contributed by atoms with Crippen LogP contribution in [0.5, 0.6) is 6.01 Å². The van der Waals surface area contributed by atoms with Crippen molar-refractivity contribution in [3.63, 3.8) is 0 Å². The smallest absolute Gasteiger partial charge is 0.300 e. The maximum Gasteiger partial charge on any atom is 0.300 e. The van der Waals surface area contributed by atoms with Crippen molar-refractivity contribution in [1.29, 1.82) is 0 Å². The monoisotopic (exact) mass is 856 g/mol. The molecule has 0 spiro atoms. The molecular formula is C46H58ClFN4O5Si2. The number of hydrogen-bond donors (Lipinski definition) is 2. The number of anilines is 1. The zero-order valence-corrected chi connectivity index (χ0v) is 37.9. The topological polar surface area (TPSA) is 99.9 Å². The van der Waals surface area contributed by atoms with Gasteiger partial charge in [0.2, 0.25) is 0 Å². The van der Waals surface area contributed by atoms with E-state index in [0.29, 0.717) is 66.2 Å². The normalized spacial score (nSPS) is 18.6. The van der Waals surface area contributed by atoms with E-state index in [2.05, 4.69) is 63.1 Å². The first kappa shape index (κ1) is 43.2. The average molecular weight is 858 g/mol. The largest absolute Gasteiger partial charge is 0.459 e. The Kier molecular flexibility index (Phi) is 13.5. The quantitative estimate of drug-likeness (QED) is 0.0666. The van der Waals surface area contributed by atoms with Crippen molar-refractivity contribution in [1.82, 2.24) is 14.5 Å². The van der Waals surface area contributed by atoms with Gasteiger partial charge in [-0.25, -0.2) is 9.37 Å².